The van der Waals surface area contributed by atoms with E-state index in [1.807, 2.05) is 37.3 Å². The van der Waals surface area contributed by atoms with E-state index < -0.39 is 0 Å². The lowest BCUT2D eigenvalue weighted by atomic mass is 10.1. The number of aryl methyl sites for hydroxylation is 1. The van der Waals surface area contributed by atoms with E-state index in [9.17, 15) is 4.79 Å². The Kier molecular flexibility index (Phi) is 3.60. The minimum atomic E-state index is -0.114. The van der Waals surface area contributed by atoms with Crippen LogP contribution in [0.3, 0.4) is 0 Å². The SMILES string of the molecule is Cc1nnc2n1CCN(C(=O)c1cc(-c3ccccc3)on1)CC2. The van der Waals surface area contributed by atoms with Gasteiger partial charge in [-0.05, 0) is 6.92 Å². The van der Waals surface area contributed by atoms with E-state index in [0.717, 1.165) is 17.2 Å². The number of rotatable bonds is 2. The van der Waals surface area contributed by atoms with Crippen molar-refractivity contribution in [2.75, 3.05) is 13.1 Å². The van der Waals surface area contributed by atoms with Crippen LogP contribution >= 0.6 is 0 Å². The van der Waals surface area contributed by atoms with Gasteiger partial charge < -0.3 is 14.0 Å². The van der Waals surface area contributed by atoms with Crippen molar-refractivity contribution in [1.82, 2.24) is 24.8 Å². The number of aromatic nitrogens is 4. The number of carbonyl (C=O) groups is 1. The molecule has 3 aromatic rings. The summed E-state index contributed by atoms with van der Waals surface area (Å²) < 4.78 is 7.40. The monoisotopic (exact) mass is 323 g/mol. The van der Waals surface area contributed by atoms with Crippen LogP contribution in [0.25, 0.3) is 11.3 Å². The summed E-state index contributed by atoms with van der Waals surface area (Å²) in [6.45, 7) is 3.84. The minimum absolute atomic E-state index is 0.114. The Morgan fingerprint density at radius 3 is 2.79 bits per heavy atom. The number of fused-ring (bicyclic) bond motifs is 1. The first kappa shape index (κ1) is 14.6. The van der Waals surface area contributed by atoms with Gasteiger partial charge in [0.15, 0.2) is 11.5 Å². The summed E-state index contributed by atoms with van der Waals surface area (Å²) in [7, 11) is 0. The summed E-state index contributed by atoms with van der Waals surface area (Å²) in [6, 6.07) is 11.3. The predicted molar refractivity (Wildman–Crippen MR) is 86.3 cm³/mol. The van der Waals surface area contributed by atoms with Gasteiger partial charge in [0.2, 0.25) is 0 Å². The molecule has 0 atom stereocenters. The van der Waals surface area contributed by atoms with Crippen LogP contribution in [0.5, 0.6) is 0 Å². The number of amides is 1. The summed E-state index contributed by atoms with van der Waals surface area (Å²) in [5.74, 6) is 2.29. The van der Waals surface area contributed by atoms with Gasteiger partial charge in [0.05, 0.1) is 0 Å². The highest BCUT2D eigenvalue weighted by Crippen LogP contribution is 2.21. The molecule has 122 valence electrons. The first-order valence-electron chi connectivity index (χ1n) is 7.92. The van der Waals surface area contributed by atoms with Crippen molar-refractivity contribution in [3.05, 3.63) is 53.7 Å². The standard InChI is InChI=1S/C17H17N5O2/c1-12-18-19-16-7-8-21(9-10-22(12)16)17(23)14-11-15(24-20-14)13-5-3-2-4-6-13/h2-6,11H,7-10H2,1H3. The smallest absolute Gasteiger partial charge is 0.276 e. The van der Waals surface area contributed by atoms with Gasteiger partial charge in [-0.25, -0.2) is 0 Å². The molecule has 24 heavy (non-hydrogen) atoms. The van der Waals surface area contributed by atoms with Crippen molar-refractivity contribution in [2.24, 2.45) is 0 Å². The number of nitrogens with zero attached hydrogens (tertiary/aromatic N) is 5. The number of hydrogen-bond donors (Lipinski definition) is 0. The molecule has 1 aliphatic rings. The molecule has 2 aromatic heterocycles. The molecular weight excluding hydrogens is 306 g/mol. The second kappa shape index (κ2) is 5.92. The molecule has 4 rings (SSSR count). The second-order valence-corrected chi connectivity index (χ2v) is 5.80. The zero-order chi connectivity index (χ0) is 16.5. The third kappa shape index (κ3) is 2.58. The van der Waals surface area contributed by atoms with Crippen LogP contribution in [0.2, 0.25) is 0 Å². The van der Waals surface area contributed by atoms with Crippen molar-refractivity contribution < 1.29 is 9.32 Å². The number of benzene rings is 1. The van der Waals surface area contributed by atoms with Crippen molar-refractivity contribution in [2.45, 2.75) is 19.9 Å². The molecule has 1 aromatic carbocycles. The Hall–Kier alpha value is -2.96. The molecular formula is C17H17N5O2. The van der Waals surface area contributed by atoms with E-state index in [2.05, 4.69) is 19.9 Å². The lowest BCUT2D eigenvalue weighted by molar-refractivity contribution is 0.0748. The third-order valence-electron chi connectivity index (χ3n) is 4.29. The molecule has 0 unspecified atom stereocenters. The van der Waals surface area contributed by atoms with E-state index in [1.54, 1.807) is 11.0 Å². The Balaban J connectivity index is 1.52. The lowest BCUT2D eigenvalue weighted by Crippen LogP contribution is -2.34. The molecule has 1 aliphatic heterocycles. The average molecular weight is 323 g/mol. The second-order valence-electron chi connectivity index (χ2n) is 5.80. The van der Waals surface area contributed by atoms with Gasteiger partial charge in [0.25, 0.3) is 5.91 Å². The summed E-state index contributed by atoms with van der Waals surface area (Å²) in [6.07, 6.45) is 0.690. The van der Waals surface area contributed by atoms with Gasteiger partial charge in [-0.1, -0.05) is 35.5 Å². The van der Waals surface area contributed by atoms with Crippen LogP contribution in [-0.2, 0) is 13.0 Å². The van der Waals surface area contributed by atoms with E-state index >= 15 is 0 Å². The van der Waals surface area contributed by atoms with E-state index in [-0.39, 0.29) is 5.91 Å². The molecule has 0 N–H and O–H groups in total. The Bertz CT molecular complexity index is 868. The first-order valence-corrected chi connectivity index (χ1v) is 7.92. The van der Waals surface area contributed by atoms with Crippen molar-refractivity contribution in [3.63, 3.8) is 0 Å². The fourth-order valence-electron chi connectivity index (χ4n) is 2.95. The molecule has 0 saturated heterocycles. The van der Waals surface area contributed by atoms with Gasteiger partial charge in [-0.15, -0.1) is 10.2 Å². The summed E-state index contributed by atoms with van der Waals surface area (Å²) in [4.78, 5) is 14.5. The highest BCUT2D eigenvalue weighted by Gasteiger charge is 2.24. The number of hydrogen-bond acceptors (Lipinski definition) is 5. The summed E-state index contributed by atoms with van der Waals surface area (Å²) in [5, 5.41) is 12.2. The fourth-order valence-corrected chi connectivity index (χ4v) is 2.95. The van der Waals surface area contributed by atoms with Gasteiger partial charge in [0, 0.05) is 37.7 Å². The quantitative estimate of drug-likeness (QED) is 0.720. The van der Waals surface area contributed by atoms with E-state index in [1.165, 1.54) is 0 Å². The highest BCUT2D eigenvalue weighted by atomic mass is 16.5. The number of carbonyl (C=O) groups excluding carboxylic acids is 1. The first-order chi connectivity index (χ1) is 11.7. The molecule has 0 fully saturated rings. The van der Waals surface area contributed by atoms with Gasteiger partial charge in [-0.3, -0.25) is 4.79 Å². The average Bonchev–Trinajstić information content (AvgIpc) is 3.17. The molecule has 3 heterocycles. The van der Waals surface area contributed by atoms with Gasteiger partial charge in [0.1, 0.15) is 11.6 Å². The largest absolute Gasteiger partial charge is 0.355 e. The van der Waals surface area contributed by atoms with E-state index in [0.29, 0.717) is 37.5 Å². The Morgan fingerprint density at radius 1 is 1.12 bits per heavy atom. The maximum atomic E-state index is 12.7. The molecule has 0 aliphatic carbocycles. The summed E-state index contributed by atoms with van der Waals surface area (Å²) >= 11 is 0. The molecule has 0 bridgehead atoms. The van der Waals surface area contributed by atoms with Crippen LogP contribution in [-0.4, -0.2) is 43.8 Å². The van der Waals surface area contributed by atoms with Gasteiger partial charge in [-0.2, -0.15) is 0 Å². The zero-order valence-electron chi connectivity index (χ0n) is 13.3. The topological polar surface area (TPSA) is 77.0 Å². The normalized spacial score (nSPS) is 14.3. The predicted octanol–water partition coefficient (Wildman–Crippen LogP) is 1.94. The fraction of sp³-hybridized carbons (Fsp3) is 0.294. The zero-order valence-corrected chi connectivity index (χ0v) is 13.3. The van der Waals surface area contributed by atoms with Crippen molar-refractivity contribution in [3.8, 4) is 11.3 Å². The lowest BCUT2D eigenvalue weighted by Gasteiger charge is -2.18. The Labute approximate surface area is 138 Å². The molecule has 0 spiro atoms. The van der Waals surface area contributed by atoms with Crippen molar-refractivity contribution >= 4 is 5.91 Å². The van der Waals surface area contributed by atoms with Crippen LogP contribution in [0.4, 0.5) is 0 Å². The van der Waals surface area contributed by atoms with E-state index in [4.69, 9.17) is 4.52 Å². The molecule has 7 heteroatoms. The molecule has 0 radical (unpaired) electrons. The van der Waals surface area contributed by atoms with Crippen LogP contribution in [0.15, 0.2) is 40.9 Å². The maximum Gasteiger partial charge on any atom is 0.276 e. The van der Waals surface area contributed by atoms with Crippen molar-refractivity contribution in [1.29, 1.82) is 0 Å². The van der Waals surface area contributed by atoms with Crippen LogP contribution < -0.4 is 0 Å². The summed E-state index contributed by atoms with van der Waals surface area (Å²) in [5.41, 5.74) is 1.24. The molecule has 1 amide bonds. The molecule has 7 nitrogen and oxygen atoms in total. The Morgan fingerprint density at radius 2 is 1.96 bits per heavy atom. The maximum absolute atomic E-state index is 12.7. The van der Waals surface area contributed by atoms with Crippen LogP contribution in [0.1, 0.15) is 22.1 Å². The van der Waals surface area contributed by atoms with Crippen LogP contribution in [0, 0.1) is 6.92 Å². The minimum Gasteiger partial charge on any atom is -0.355 e. The third-order valence-corrected chi connectivity index (χ3v) is 4.29. The highest BCUT2D eigenvalue weighted by molar-refractivity contribution is 5.93. The molecule has 0 saturated carbocycles. The van der Waals surface area contributed by atoms with Gasteiger partial charge >= 0.3 is 0 Å².